The van der Waals surface area contributed by atoms with Crippen LogP contribution in [0.3, 0.4) is 0 Å². The number of nitrogens with zero attached hydrogens (tertiary/aromatic N) is 3. The van der Waals surface area contributed by atoms with Gasteiger partial charge in [0.05, 0.1) is 17.9 Å². The molecule has 0 bridgehead atoms. The first-order valence-electron chi connectivity index (χ1n) is 7.50. The number of hydrogen-bond donors (Lipinski definition) is 2. The molecule has 6 heteroatoms. The minimum atomic E-state index is 0.0174. The minimum Gasteiger partial charge on any atom is -0.367 e. The van der Waals surface area contributed by atoms with Gasteiger partial charge >= 0.3 is 0 Å². The Morgan fingerprint density at radius 3 is 3.05 bits per heavy atom. The molecule has 2 atom stereocenters. The number of anilines is 1. The summed E-state index contributed by atoms with van der Waals surface area (Å²) in [5.41, 5.74) is 1.14. The predicted octanol–water partition coefficient (Wildman–Crippen LogP) is 0.257. The fraction of sp³-hybridized carbons (Fsp3) is 0.714. The number of amides is 1. The largest absolute Gasteiger partial charge is 0.367 e. The number of carbonyl (C=O) groups excluding carboxylic acids is 1. The van der Waals surface area contributed by atoms with Crippen molar-refractivity contribution in [1.29, 1.82) is 0 Å². The molecule has 110 valence electrons. The highest BCUT2D eigenvalue weighted by Gasteiger charge is 2.27. The van der Waals surface area contributed by atoms with Gasteiger partial charge in [0.15, 0.2) is 0 Å². The number of aromatic nitrogens is 2. The quantitative estimate of drug-likeness (QED) is 0.832. The van der Waals surface area contributed by atoms with Gasteiger partial charge in [-0.25, -0.2) is 0 Å². The Balaban J connectivity index is 1.56. The second-order valence-electron chi connectivity index (χ2n) is 5.81. The molecule has 1 amide bonds. The van der Waals surface area contributed by atoms with E-state index in [9.17, 15) is 4.79 Å². The molecule has 0 spiro atoms. The average molecular weight is 277 g/mol. The first-order chi connectivity index (χ1) is 9.72. The molecule has 20 heavy (non-hydrogen) atoms. The minimum absolute atomic E-state index is 0.0174. The second-order valence-corrected chi connectivity index (χ2v) is 5.81. The Morgan fingerprint density at radius 1 is 1.45 bits per heavy atom. The van der Waals surface area contributed by atoms with Crippen molar-refractivity contribution in [3.63, 3.8) is 0 Å². The zero-order valence-corrected chi connectivity index (χ0v) is 12.0. The lowest BCUT2D eigenvalue weighted by atomic mass is 10.0. The molecule has 2 aliphatic rings. The van der Waals surface area contributed by atoms with Crippen molar-refractivity contribution < 1.29 is 4.79 Å². The van der Waals surface area contributed by atoms with E-state index >= 15 is 0 Å². The SMILES string of the molecule is Cn1cc(N2CCCC(NC(=O)C3CCCN3)C2)cn1. The van der Waals surface area contributed by atoms with Gasteiger partial charge in [-0.2, -0.15) is 5.10 Å². The summed E-state index contributed by atoms with van der Waals surface area (Å²) >= 11 is 0. The third-order valence-electron chi connectivity index (χ3n) is 4.20. The molecule has 2 saturated heterocycles. The van der Waals surface area contributed by atoms with Gasteiger partial charge in [-0.3, -0.25) is 9.48 Å². The van der Waals surface area contributed by atoms with Gasteiger partial charge in [-0.1, -0.05) is 0 Å². The lowest BCUT2D eigenvalue weighted by molar-refractivity contribution is -0.123. The Labute approximate surface area is 119 Å². The van der Waals surface area contributed by atoms with Crippen LogP contribution in [-0.4, -0.2) is 47.4 Å². The maximum atomic E-state index is 12.2. The van der Waals surface area contributed by atoms with Crippen LogP contribution in [0, 0.1) is 0 Å². The van der Waals surface area contributed by atoms with Gasteiger partial charge in [0.25, 0.3) is 0 Å². The molecule has 2 fully saturated rings. The molecule has 2 unspecified atom stereocenters. The highest BCUT2D eigenvalue weighted by atomic mass is 16.2. The summed E-state index contributed by atoms with van der Waals surface area (Å²) in [7, 11) is 1.93. The molecule has 2 aliphatic heterocycles. The summed E-state index contributed by atoms with van der Waals surface area (Å²) in [6, 6.07) is 0.266. The predicted molar refractivity (Wildman–Crippen MR) is 77.6 cm³/mol. The van der Waals surface area contributed by atoms with E-state index in [1.165, 1.54) is 0 Å². The summed E-state index contributed by atoms with van der Waals surface area (Å²) in [6.45, 7) is 2.88. The zero-order chi connectivity index (χ0) is 13.9. The van der Waals surface area contributed by atoms with Crippen molar-refractivity contribution in [2.24, 2.45) is 7.05 Å². The fourth-order valence-electron chi connectivity index (χ4n) is 3.11. The Morgan fingerprint density at radius 2 is 2.35 bits per heavy atom. The van der Waals surface area contributed by atoms with E-state index in [0.717, 1.165) is 51.0 Å². The number of nitrogens with one attached hydrogen (secondary N) is 2. The van der Waals surface area contributed by atoms with E-state index < -0.39 is 0 Å². The van der Waals surface area contributed by atoms with Crippen LogP contribution < -0.4 is 15.5 Å². The molecular weight excluding hydrogens is 254 g/mol. The highest BCUT2D eigenvalue weighted by Crippen LogP contribution is 2.19. The summed E-state index contributed by atoms with van der Waals surface area (Å²) < 4.78 is 1.82. The molecule has 0 aromatic carbocycles. The van der Waals surface area contributed by atoms with E-state index in [-0.39, 0.29) is 18.0 Å². The lowest BCUT2D eigenvalue weighted by Crippen LogP contribution is -2.51. The van der Waals surface area contributed by atoms with Crippen molar-refractivity contribution >= 4 is 11.6 Å². The van der Waals surface area contributed by atoms with E-state index in [2.05, 4.69) is 20.6 Å². The normalized spacial score (nSPS) is 26.8. The summed E-state index contributed by atoms with van der Waals surface area (Å²) in [5, 5.41) is 10.7. The molecular formula is C14H23N5O. The van der Waals surface area contributed by atoms with Crippen LogP contribution in [0.1, 0.15) is 25.7 Å². The van der Waals surface area contributed by atoms with Gasteiger partial charge in [-0.05, 0) is 32.2 Å². The van der Waals surface area contributed by atoms with Crippen molar-refractivity contribution in [3.05, 3.63) is 12.4 Å². The van der Waals surface area contributed by atoms with Crippen LogP contribution in [0.2, 0.25) is 0 Å². The molecule has 0 saturated carbocycles. The van der Waals surface area contributed by atoms with Crippen molar-refractivity contribution in [1.82, 2.24) is 20.4 Å². The number of piperidine rings is 1. The molecule has 0 radical (unpaired) electrons. The molecule has 1 aromatic heterocycles. The standard InChI is InChI=1S/C14H23N5O/c1-18-10-12(8-16-18)19-7-3-4-11(9-19)17-14(20)13-5-2-6-15-13/h8,10-11,13,15H,2-7,9H2,1H3,(H,17,20). The summed E-state index contributed by atoms with van der Waals surface area (Å²) in [4.78, 5) is 14.5. The van der Waals surface area contributed by atoms with Crippen LogP contribution in [0.25, 0.3) is 0 Å². The van der Waals surface area contributed by atoms with Crippen LogP contribution in [0.15, 0.2) is 12.4 Å². The van der Waals surface area contributed by atoms with Crippen molar-refractivity contribution in [3.8, 4) is 0 Å². The van der Waals surface area contributed by atoms with Crippen LogP contribution in [-0.2, 0) is 11.8 Å². The van der Waals surface area contributed by atoms with Crippen molar-refractivity contribution in [2.75, 3.05) is 24.5 Å². The topological polar surface area (TPSA) is 62.2 Å². The summed E-state index contributed by atoms with van der Waals surface area (Å²) in [6.07, 6.45) is 8.16. The van der Waals surface area contributed by atoms with E-state index in [0.29, 0.717) is 0 Å². The first kappa shape index (κ1) is 13.4. The highest BCUT2D eigenvalue weighted by molar-refractivity contribution is 5.82. The number of carbonyl (C=O) groups is 1. The maximum Gasteiger partial charge on any atom is 0.237 e. The van der Waals surface area contributed by atoms with Crippen LogP contribution in [0.5, 0.6) is 0 Å². The Kier molecular flexibility index (Phi) is 3.91. The van der Waals surface area contributed by atoms with E-state index in [4.69, 9.17) is 0 Å². The average Bonchev–Trinajstić information content (AvgIpc) is 3.10. The van der Waals surface area contributed by atoms with Crippen LogP contribution in [0.4, 0.5) is 5.69 Å². The second kappa shape index (κ2) is 5.83. The third kappa shape index (κ3) is 2.95. The third-order valence-corrected chi connectivity index (χ3v) is 4.20. The van der Waals surface area contributed by atoms with E-state index in [1.807, 2.05) is 24.1 Å². The molecule has 1 aromatic rings. The van der Waals surface area contributed by atoms with Gasteiger partial charge in [0.2, 0.25) is 5.91 Å². The number of rotatable bonds is 3. The number of hydrogen-bond acceptors (Lipinski definition) is 4. The fourth-order valence-corrected chi connectivity index (χ4v) is 3.11. The van der Waals surface area contributed by atoms with Gasteiger partial charge in [0, 0.05) is 32.4 Å². The van der Waals surface area contributed by atoms with Gasteiger partial charge < -0.3 is 15.5 Å². The number of aryl methyl sites for hydroxylation is 1. The first-order valence-corrected chi connectivity index (χ1v) is 7.50. The maximum absolute atomic E-state index is 12.2. The molecule has 2 N–H and O–H groups in total. The van der Waals surface area contributed by atoms with Crippen molar-refractivity contribution in [2.45, 2.75) is 37.8 Å². The molecule has 3 rings (SSSR count). The Hall–Kier alpha value is -1.56. The zero-order valence-electron chi connectivity index (χ0n) is 12.0. The lowest BCUT2D eigenvalue weighted by Gasteiger charge is -2.34. The molecule has 6 nitrogen and oxygen atoms in total. The van der Waals surface area contributed by atoms with E-state index in [1.54, 1.807) is 0 Å². The van der Waals surface area contributed by atoms with Gasteiger partial charge in [0.1, 0.15) is 0 Å². The molecule has 0 aliphatic carbocycles. The van der Waals surface area contributed by atoms with Crippen LogP contribution >= 0.6 is 0 Å². The van der Waals surface area contributed by atoms with Gasteiger partial charge in [-0.15, -0.1) is 0 Å². The monoisotopic (exact) mass is 277 g/mol. The molecule has 3 heterocycles. The smallest absolute Gasteiger partial charge is 0.237 e. The summed E-state index contributed by atoms with van der Waals surface area (Å²) in [5.74, 6) is 0.167. The Bertz CT molecular complexity index is 466.